The van der Waals surface area contributed by atoms with Crippen LogP contribution in [0.15, 0.2) is 23.0 Å². The van der Waals surface area contributed by atoms with E-state index in [9.17, 15) is 9.59 Å². The number of hydrogen-bond acceptors (Lipinski definition) is 3. The van der Waals surface area contributed by atoms with Gasteiger partial charge in [0, 0.05) is 11.7 Å². The summed E-state index contributed by atoms with van der Waals surface area (Å²) in [6, 6.07) is 5.78. The van der Waals surface area contributed by atoms with Crippen molar-refractivity contribution in [1.29, 1.82) is 0 Å². The van der Waals surface area contributed by atoms with Gasteiger partial charge in [0.05, 0.1) is 17.6 Å². The summed E-state index contributed by atoms with van der Waals surface area (Å²) in [7, 11) is 0. The molecule has 6 nitrogen and oxygen atoms in total. The van der Waals surface area contributed by atoms with Crippen LogP contribution in [-0.2, 0) is 4.79 Å². The highest BCUT2D eigenvalue weighted by Crippen LogP contribution is 2.18. The first-order valence-electron chi connectivity index (χ1n) is 5.96. The zero-order chi connectivity index (χ0) is 12.5. The average molecular weight is 246 g/mol. The minimum absolute atomic E-state index is 0.0702. The largest absolute Gasteiger partial charge is 0.325 e. The van der Waals surface area contributed by atoms with E-state index in [-0.39, 0.29) is 11.6 Å². The van der Waals surface area contributed by atoms with Crippen LogP contribution in [0.3, 0.4) is 0 Å². The maximum atomic E-state index is 11.6. The van der Waals surface area contributed by atoms with Gasteiger partial charge in [-0.3, -0.25) is 4.79 Å². The highest BCUT2D eigenvalue weighted by atomic mass is 16.2. The van der Waals surface area contributed by atoms with Crippen LogP contribution in [0.25, 0.3) is 11.0 Å². The summed E-state index contributed by atoms with van der Waals surface area (Å²) in [6.45, 7) is 0.326. The molecule has 1 saturated carbocycles. The van der Waals surface area contributed by atoms with E-state index in [2.05, 4.69) is 20.6 Å². The molecule has 2 aromatic rings. The van der Waals surface area contributed by atoms with Crippen molar-refractivity contribution in [2.24, 2.45) is 0 Å². The van der Waals surface area contributed by atoms with Crippen LogP contribution in [-0.4, -0.2) is 28.5 Å². The molecular weight excluding hydrogens is 232 g/mol. The predicted molar refractivity (Wildman–Crippen MR) is 68.6 cm³/mol. The molecule has 6 heteroatoms. The lowest BCUT2D eigenvalue weighted by atomic mass is 10.2. The van der Waals surface area contributed by atoms with E-state index in [0.717, 1.165) is 18.4 Å². The number of aromatic nitrogens is 2. The van der Waals surface area contributed by atoms with Crippen molar-refractivity contribution < 1.29 is 4.79 Å². The smallest absolute Gasteiger partial charge is 0.323 e. The highest BCUT2D eigenvalue weighted by Gasteiger charge is 2.21. The molecule has 3 rings (SSSR count). The van der Waals surface area contributed by atoms with Gasteiger partial charge in [0.25, 0.3) is 0 Å². The van der Waals surface area contributed by atoms with Crippen molar-refractivity contribution >= 4 is 22.6 Å². The molecule has 0 aliphatic heterocycles. The first-order valence-corrected chi connectivity index (χ1v) is 5.96. The molecule has 0 bridgehead atoms. The van der Waals surface area contributed by atoms with E-state index >= 15 is 0 Å². The van der Waals surface area contributed by atoms with Crippen molar-refractivity contribution in [2.75, 3.05) is 11.9 Å². The van der Waals surface area contributed by atoms with Crippen molar-refractivity contribution in [3.05, 3.63) is 28.7 Å². The zero-order valence-electron chi connectivity index (χ0n) is 9.75. The third-order valence-corrected chi connectivity index (χ3v) is 2.93. The van der Waals surface area contributed by atoms with E-state index in [0.29, 0.717) is 23.8 Å². The van der Waals surface area contributed by atoms with Crippen molar-refractivity contribution in [1.82, 2.24) is 15.3 Å². The topological polar surface area (TPSA) is 89.8 Å². The molecule has 0 atom stereocenters. The number of carbonyl (C=O) groups excluding carboxylic acids is 1. The molecule has 1 aromatic carbocycles. The third kappa shape index (κ3) is 2.43. The number of anilines is 1. The fraction of sp³-hybridized carbons (Fsp3) is 0.333. The standard InChI is InChI=1S/C12H14N4O2/c17-11(6-13-7-1-2-7)14-8-3-4-9-10(5-8)16-12(18)15-9/h3-5,7,13H,1-2,6H2,(H,14,17)(H2,15,16,18). The van der Waals surface area contributed by atoms with Crippen molar-refractivity contribution in [3.8, 4) is 0 Å². The normalized spacial score (nSPS) is 14.9. The number of imidazole rings is 1. The fourth-order valence-corrected chi connectivity index (χ4v) is 1.84. The SMILES string of the molecule is O=C(CNC1CC1)Nc1ccc2[nH]c(=O)[nH]c2c1. The molecule has 0 radical (unpaired) electrons. The van der Waals surface area contributed by atoms with Gasteiger partial charge in [-0.2, -0.15) is 0 Å². The predicted octanol–water partition coefficient (Wildman–Crippen LogP) is 0.547. The average Bonchev–Trinajstić information content (AvgIpc) is 3.08. The molecule has 4 N–H and O–H groups in total. The summed E-state index contributed by atoms with van der Waals surface area (Å²) < 4.78 is 0. The lowest BCUT2D eigenvalue weighted by Crippen LogP contribution is -2.29. The Kier molecular flexibility index (Phi) is 2.64. The summed E-state index contributed by atoms with van der Waals surface area (Å²) in [6.07, 6.45) is 2.31. The monoisotopic (exact) mass is 246 g/mol. The number of rotatable bonds is 4. The van der Waals surface area contributed by atoms with Gasteiger partial charge in [-0.05, 0) is 31.0 Å². The summed E-state index contributed by atoms with van der Waals surface area (Å²) in [5.41, 5.74) is 1.85. The molecule has 1 aliphatic carbocycles. The lowest BCUT2D eigenvalue weighted by molar-refractivity contribution is -0.115. The minimum atomic E-state index is -0.246. The minimum Gasteiger partial charge on any atom is -0.325 e. The van der Waals surface area contributed by atoms with Gasteiger partial charge in [0.15, 0.2) is 0 Å². The van der Waals surface area contributed by atoms with Gasteiger partial charge in [-0.15, -0.1) is 0 Å². The Balaban J connectivity index is 1.68. The number of aromatic amines is 2. The van der Waals surface area contributed by atoms with Gasteiger partial charge in [-0.25, -0.2) is 4.79 Å². The lowest BCUT2D eigenvalue weighted by Gasteiger charge is -2.05. The fourth-order valence-electron chi connectivity index (χ4n) is 1.84. The molecule has 1 amide bonds. The molecule has 1 aliphatic rings. The quantitative estimate of drug-likeness (QED) is 0.635. The van der Waals surface area contributed by atoms with Crippen LogP contribution >= 0.6 is 0 Å². The third-order valence-electron chi connectivity index (χ3n) is 2.93. The van der Waals surface area contributed by atoms with Gasteiger partial charge in [-0.1, -0.05) is 0 Å². The maximum Gasteiger partial charge on any atom is 0.323 e. The van der Waals surface area contributed by atoms with Gasteiger partial charge in [0.1, 0.15) is 0 Å². The van der Waals surface area contributed by atoms with E-state index in [4.69, 9.17) is 0 Å². The van der Waals surface area contributed by atoms with Gasteiger partial charge >= 0.3 is 5.69 Å². The van der Waals surface area contributed by atoms with Gasteiger partial charge in [0.2, 0.25) is 5.91 Å². The molecule has 0 spiro atoms. The van der Waals surface area contributed by atoms with Crippen LogP contribution < -0.4 is 16.3 Å². The zero-order valence-corrected chi connectivity index (χ0v) is 9.75. The van der Waals surface area contributed by atoms with Crippen LogP contribution in [0, 0.1) is 0 Å². The van der Waals surface area contributed by atoms with E-state index < -0.39 is 0 Å². The number of nitrogens with one attached hydrogen (secondary N) is 4. The number of amides is 1. The van der Waals surface area contributed by atoms with Crippen LogP contribution in [0.5, 0.6) is 0 Å². The van der Waals surface area contributed by atoms with Crippen molar-refractivity contribution in [2.45, 2.75) is 18.9 Å². The number of fused-ring (bicyclic) bond motifs is 1. The second kappa shape index (κ2) is 4.30. The molecular formula is C12H14N4O2. The molecule has 1 aromatic heterocycles. The second-order valence-corrected chi connectivity index (χ2v) is 4.54. The van der Waals surface area contributed by atoms with Crippen molar-refractivity contribution in [3.63, 3.8) is 0 Å². The Morgan fingerprint density at radius 1 is 1.28 bits per heavy atom. The summed E-state index contributed by atoms with van der Waals surface area (Å²) >= 11 is 0. The molecule has 94 valence electrons. The first kappa shape index (κ1) is 11.0. The Bertz CT molecular complexity index is 639. The second-order valence-electron chi connectivity index (χ2n) is 4.54. The van der Waals surface area contributed by atoms with Gasteiger partial charge < -0.3 is 20.6 Å². The van der Waals surface area contributed by atoms with Crippen LogP contribution in [0.1, 0.15) is 12.8 Å². The van der Waals surface area contributed by atoms with E-state index in [1.54, 1.807) is 18.2 Å². The molecule has 18 heavy (non-hydrogen) atoms. The Hall–Kier alpha value is -2.08. The number of carbonyl (C=O) groups is 1. The first-order chi connectivity index (χ1) is 8.70. The Morgan fingerprint density at radius 3 is 2.83 bits per heavy atom. The maximum absolute atomic E-state index is 11.6. The number of H-pyrrole nitrogens is 2. The van der Waals surface area contributed by atoms with Crippen LogP contribution in [0.4, 0.5) is 5.69 Å². The highest BCUT2D eigenvalue weighted by molar-refractivity contribution is 5.94. The van der Waals surface area contributed by atoms with Crippen LogP contribution in [0.2, 0.25) is 0 Å². The summed E-state index contributed by atoms with van der Waals surface area (Å²) in [5.74, 6) is -0.0702. The summed E-state index contributed by atoms with van der Waals surface area (Å²) in [5, 5.41) is 5.93. The summed E-state index contributed by atoms with van der Waals surface area (Å²) in [4.78, 5) is 28.0. The van der Waals surface area contributed by atoms with E-state index in [1.165, 1.54) is 0 Å². The number of hydrogen-bond donors (Lipinski definition) is 4. The Morgan fingerprint density at radius 2 is 2.06 bits per heavy atom. The number of benzene rings is 1. The molecule has 0 unspecified atom stereocenters. The molecule has 1 heterocycles. The molecule has 0 saturated heterocycles. The molecule has 1 fully saturated rings. The Labute approximate surface area is 103 Å². The van der Waals surface area contributed by atoms with E-state index in [1.807, 2.05) is 0 Å².